The Morgan fingerprint density at radius 1 is 0.963 bits per heavy atom. The molecule has 4 aromatic rings. The molecule has 0 unspecified atom stereocenters. The number of rotatable bonds is 5. The number of hydrogen-bond acceptors (Lipinski definition) is 4. The van der Waals surface area contributed by atoms with Gasteiger partial charge in [-0.15, -0.1) is 0 Å². The molecular weight excluding hydrogens is 362 g/mol. The fourth-order valence-electron chi connectivity index (χ4n) is 2.88. The molecule has 0 fully saturated rings. The van der Waals surface area contributed by atoms with E-state index in [1.54, 1.807) is 30.3 Å². The highest BCUT2D eigenvalue weighted by molar-refractivity contribution is 7.92. The van der Waals surface area contributed by atoms with Crippen molar-refractivity contribution in [1.82, 2.24) is 10.2 Å². The number of sulfonamides is 1. The smallest absolute Gasteiger partial charge is 0.262 e. The molecule has 7 heteroatoms. The number of aromatic nitrogens is 2. The molecule has 6 nitrogen and oxygen atoms in total. The van der Waals surface area contributed by atoms with Crippen molar-refractivity contribution in [3.63, 3.8) is 0 Å². The van der Waals surface area contributed by atoms with Gasteiger partial charge in [0.1, 0.15) is 5.75 Å². The first-order chi connectivity index (χ1) is 13.1. The molecule has 0 aliphatic rings. The van der Waals surface area contributed by atoms with E-state index in [9.17, 15) is 8.42 Å². The predicted octanol–water partition coefficient (Wildman–Crippen LogP) is 4.04. The van der Waals surface area contributed by atoms with Crippen LogP contribution in [-0.4, -0.2) is 25.7 Å². The number of methoxy groups -OCH3 is 1. The Kier molecular flexibility index (Phi) is 4.29. The maximum atomic E-state index is 12.7. The number of H-pyrrole nitrogens is 1. The second kappa shape index (κ2) is 6.77. The van der Waals surface area contributed by atoms with Crippen LogP contribution in [0.15, 0.2) is 77.7 Å². The molecule has 0 aliphatic heterocycles. The van der Waals surface area contributed by atoms with E-state index in [0.29, 0.717) is 11.4 Å². The van der Waals surface area contributed by atoms with E-state index < -0.39 is 10.0 Å². The average molecular weight is 379 g/mol. The molecule has 27 heavy (non-hydrogen) atoms. The summed E-state index contributed by atoms with van der Waals surface area (Å²) in [6.45, 7) is 0. The summed E-state index contributed by atoms with van der Waals surface area (Å²) in [4.78, 5) is 0.137. The second-order valence-corrected chi connectivity index (χ2v) is 7.67. The van der Waals surface area contributed by atoms with Crippen LogP contribution in [0.5, 0.6) is 5.75 Å². The lowest BCUT2D eigenvalue weighted by molar-refractivity contribution is 0.413. The zero-order chi connectivity index (χ0) is 18.9. The second-order valence-electron chi connectivity index (χ2n) is 5.98. The van der Waals surface area contributed by atoms with Crippen LogP contribution < -0.4 is 9.46 Å². The molecule has 0 saturated heterocycles. The highest BCUT2D eigenvalue weighted by atomic mass is 32.2. The molecule has 1 aromatic heterocycles. The minimum absolute atomic E-state index is 0.137. The molecule has 0 aliphatic carbocycles. The van der Waals surface area contributed by atoms with Gasteiger partial charge >= 0.3 is 0 Å². The summed E-state index contributed by atoms with van der Waals surface area (Å²) in [6.07, 6.45) is 0. The van der Waals surface area contributed by atoms with E-state index in [4.69, 9.17) is 4.74 Å². The Balaban J connectivity index is 1.72. The minimum Gasteiger partial charge on any atom is -0.497 e. The van der Waals surface area contributed by atoms with Crippen molar-refractivity contribution in [3.8, 4) is 17.0 Å². The van der Waals surface area contributed by atoms with Crippen molar-refractivity contribution in [3.05, 3.63) is 72.8 Å². The van der Waals surface area contributed by atoms with E-state index in [0.717, 1.165) is 22.2 Å². The number of fused-ring (bicyclic) bond motifs is 1. The zero-order valence-electron chi connectivity index (χ0n) is 14.5. The van der Waals surface area contributed by atoms with Crippen LogP contribution in [0.25, 0.3) is 22.2 Å². The molecule has 0 radical (unpaired) electrons. The number of nitrogens with zero attached hydrogens (tertiary/aromatic N) is 1. The van der Waals surface area contributed by atoms with Gasteiger partial charge < -0.3 is 4.74 Å². The lowest BCUT2D eigenvalue weighted by atomic mass is 10.1. The molecule has 0 saturated carbocycles. The fourth-order valence-corrected chi connectivity index (χ4v) is 3.96. The normalized spacial score (nSPS) is 11.4. The lowest BCUT2D eigenvalue weighted by Crippen LogP contribution is -2.12. The maximum Gasteiger partial charge on any atom is 0.262 e. The van der Waals surface area contributed by atoms with E-state index in [1.807, 2.05) is 30.3 Å². The Morgan fingerprint density at radius 3 is 2.56 bits per heavy atom. The number of nitrogens with one attached hydrogen (secondary N) is 2. The SMILES string of the molecule is COc1cccc(S(=O)(=O)Nc2ccc3[nH]nc(-c4ccccc4)c3c2)c1. The third-order valence-electron chi connectivity index (χ3n) is 4.21. The van der Waals surface area contributed by atoms with E-state index >= 15 is 0 Å². The summed E-state index contributed by atoms with van der Waals surface area (Å²) >= 11 is 0. The monoisotopic (exact) mass is 379 g/mol. The molecule has 136 valence electrons. The molecule has 4 rings (SSSR count). The third kappa shape index (κ3) is 3.37. The van der Waals surface area contributed by atoms with Gasteiger partial charge in [-0.25, -0.2) is 8.42 Å². The molecule has 0 amide bonds. The van der Waals surface area contributed by atoms with Crippen LogP contribution in [0.3, 0.4) is 0 Å². The first-order valence-electron chi connectivity index (χ1n) is 8.27. The first kappa shape index (κ1) is 17.1. The molecule has 3 aromatic carbocycles. The topological polar surface area (TPSA) is 84.1 Å². The average Bonchev–Trinajstić information content (AvgIpc) is 3.11. The minimum atomic E-state index is -3.74. The standard InChI is InChI=1S/C20H17N3O3S/c1-26-16-8-5-9-17(13-16)27(24,25)23-15-10-11-19-18(12-15)20(22-21-19)14-6-3-2-4-7-14/h2-13,23H,1H3,(H,21,22). The zero-order valence-corrected chi connectivity index (χ0v) is 15.3. The number of anilines is 1. The van der Waals surface area contributed by atoms with Crippen LogP contribution in [0.4, 0.5) is 5.69 Å². The summed E-state index contributed by atoms with van der Waals surface area (Å²) < 4.78 is 33.1. The Hall–Kier alpha value is -3.32. The van der Waals surface area contributed by atoms with Crippen LogP contribution in [-0.2, 0) is 10.0 Å². The Bertz CT molecular complexity index is 1200. The van der Waals surface area contributed by atoms with Crippen LogP contribution in [0, 0.1) is 0 Å². The van der Waals surface area contributed by atoms with Crippen molar-refractivity contribution in [2.45, 2.75) is 4.90 Å². The molecule has 0 atom stereocenters. The van der Waals surface area contributed by atoms with Gasteiger partial charge in [0.05, 0.1) is 23.2 Å². The predicted molar refractivity (Wildman–Crippen MR) is 105 cm³/mol. The number of hydrogen-bond donors (Lipinski definition) is 2. The maximum absolute atomic E-state index is 12.7. The van der Waals surface area contributed by atoms with E-state index in [-0.39, 0.29) is 4.90 Å². The first-order valence-corrected chi connectivity index (χ1v) is 9.75. The van der Waals surface area contributed by atoms with Crippen LogP contribution >= 0.6 is 0 Å². The molecular formula is C20H17N3O3S. The van der Waals surface area contributed by atoms with Crippen molar-refractivity contribution < 1.29 is 13.2 Å². The van der Waals surface area contributed by atoms with Gasteiger partial charge in [0.15, 0.2) is 0 Å². The van der Waals surface area contributed by atoms with Crippen molar-refractivity contribution in [1.29, 1.82) is 0 Å². The van der Waals surface area contributed by atoms with Gasteiger partial charge in [0, 0.05) is 22.7 Å². The summed E-state index contributed by atoms with van der Waals surface area (Å²) in [7, 11) is -2.24. The van der Waals surface area contributed by atoms with Crippen LogP contribution in [0.1, 0.15) is 0 Å². The van der Waals surface area contributed by atoms with Gasteiger partial charge in [0.25, 0.3) is 10.0 Å². The van der Waals surface area contributed by atoms with Crippen molar-refractivity contribution >= 4 is 26.6 Å². The van der Waals surface area contributed by atoms with Crippen LogP contribution in [0.2, 0.25) is 0 Å². The summed E-state index contributed by atoms with van der Waals surface area (Å²) in [5.41, 5.74) is 3.02. The van der Waals surface area contributed by atoms with E-state index in [1.165, 1.54) is 19.2 Å². The van der Waals surface area contributed by atoms with Gasteiger partial charge in [-0.1, -0.05) is 36.4 Å². The summed E-state index contributed by atoms with van der Waals surface area (Å²) in [5, 5.41) is 8.18. The molecule has 0 bridgehead atoms. The third-order valence-corrected chi connectivity index (χ3v) is 5.59. The highest BCUT2D eigenvalue weighted by Crippen LogP contribution is 2.29. The molecule has 0 spiro atoms. The molecule has 1 heterocycles. The van der Waals surface area contributed by atoms with Gasteiger partial charge in [-0.3, -0.25) is 9.82 Å². The lowest BCUT2D eigenvalue weighted by Gasteiger charge is -2.09. The van der Waals surface area contributed by atoms with Gasteiger partial charge in [-0.05, 0) is 30.3 Å². The number of benzene rings is 3. The molecule has 2 N–H and O–H groups in total. The summed E-state index contributed by atoms with van der Waals surface area (Å²) in [5.74, 6) is 0.481. The highest BCUT2D eigenvalue weighted by Gasteiger charge is 2.16. The van der Waals surface area contributed by atoms with Gasteiger partial charge in [-0.2, -0.15) is 5.10 Å². The fraction of sp³-hybridized carbons (Fsp3) is 0.0500. The number of ether oxygens (including phenoxy) is 1. The van der Waals surface area contributed by atoms with E-state index in [2.05, 4.69) is 14.9 Å². The quantitative estimate of drug-likeness (QED) is 0.548. The Labute approximate surface area is 156 Å². The number of aromatic amines is 1. The largest absolute Gasteiger partial charge is 0.497 e. The summed E-state index contributed by atoms with van der Waals surface area (Å²) in [6, 6.07) is 21.4. The Morgan fingerprint density at radius 2 is 1.78 bits per heavy atom. The van der Waals surface area contributed by atoms with Crippen molar-refractivity contribution in [2.24, 2.45) is 0 Å². The van der Waals surface area contributed by atoms with Crippen molar-refractivity contribution in [2.75, 3.05) is 11.8 Å². The van der Waals surface area contributed by atoms with Gasteiger partial charge in [0.2, 0.25) is 0 Å².